The topological polar surface area (TPSA) is 78.7 Å². The van der Waals surface area contributed by atoms with E-state index in [9.17, 15) is 4.79 Å². The number of nitrogens with zero attached hydrogens (tertiary/aromatic N) is 1. The van der Waals surface area contributed by atoms with Gasteiger partial charge in [0, 0.05) is 32.1 Å². The van der Waals surface area contributed by atoms with Gasteiger partial charge in [-0.25, -0.2) is 0 Å². The number of halogens is 1. The van der Waals surface area contributed by atoms with Crippen molar-refractivity contribution in [3.8, 4) is 0 Å². The van der Waals surface area contributed by atoms with Crippen LogP contribution in [0, 0.1) is 0 Å². The van der Waals surface area contributed by atoms with Crippen LogP contribution in [-0.4, -0.2) is 38.5 Å². The molecule has 26 heavy (non-hydrogen) atoms. The fourth-order valence-corrected chi connectivity index (χ4v) is 2.37. The summed E-state index contributed by atoms with van der Waals surface area (Å²) in [5.74, 6) is 0.795. The smallest absolute Gasteiger partial charge is 0.287 e. The highest BCUT2D eigenvalue weighted by molar-refractivity contribution is 14.0. The minimum absolute atomic E-state index is 0. The summed E-state index contributed by atoms with van der Waals surface area (Å²) in [7, 11) is 1.73. The van der Waals surface area contributed by atoms with Gasteiger partial charge in [-0.1, -0.05) is 44.2 Å². The molecule has 7 heteroatoms. The second kappa shape index (κ2) is 10.8. The van der Waals surface area contributed by atoms with Gasteiger partial charge in [-0.15, -0.1) is 24.0 Å². The standard InChI is InChI=1S/C19H26N4O2.HI/c1-19(2,15-8-5-4-6-9-15)14-23-18(20-3)22-12-11-21-17(24)16-10-7-13-25-16;/h4-10,13H,11-12,14H2,1-3H3,(H,21,24)(H2,20,22,23);1H. The van der Waals surface area contributed by atoms with Crippen LogP contribution in [0.4, 0.5) is 0 Å². The number of rotatable bonds is 7. The first-order valence-electron chi connectivity index (χ1n) is 8.35. The first-order valence-corrected chi connectivity index (χ1v) is 8.35. The fourth-order valence-electron chi connectivity index (χ4n) is 2.37. The van der Waals surface area contributed by atoms with E-state index in [0.717, 1.165) is 6.54 Å². The van der Waals surface area contributed by atoms with Crippen molar-refractivity contribution in [1.29, 1.82) is 0 Å². The first-order chi connectivity index (χ1) is 12.0. The summed E-state index contributed by atoms with van der Waals surface area (Å²) in [5.41, 5.74) is 1.25. The summed E-state index contributed by atoms with van der Waals surface area (Å²) in [5, 5.41) is 9.30. The summed E-state index contributed by atoms with van der Waals surface area (Å²) in [4.78, 5) is 16.0. The average Bonchev–Trinajstić information content (AvgIpc) is 3.16. The molecule has 142 valence electrons. The van der Waals surface area contributed by atoms with Crippen LogP contribution in [0.25, 0.3) is 0 Å². The summed E-state index contributed by atoms with van der Waals surface area (Å²) in [6.07, 6.45) is 1.48. The number of carbonyl (C=O) groups excluding carboxylic acids is 1. The van der Waals surface area contributed by atoms with Crippen molar-refractivity contribution in [2.45, 2.75) is 19.3 Å². The van der Waals surface area contributed by atoms with E-state index in [1.165, 1.54) is 11.8 Å². The van der Waals surface area contributed by atoms with E-state index in [0.29, 0.717) is 24.8 Å². The van der Waals surface area contributed by atoms with Crippen molar-refractivity contribution in [3.05, 3.63) is 60.1 Å². The third kappa shape index (κ3) is 6.70. The summed E-state index contributed by atoms with van der Waals surface area (Å²) in [6.45, 7) is 6.16. The first kappa shape index (κ1) is 22.0. The van der Waals surface area contributed by atoms with Gasteiger partial charge >= 0.3 is 0 Å². The molecule has 0 atom stereocenters. The van der Waals surface area contributed by atoms with E-state index in [1.807, 2.05) is 18.2 Å². The maximum absolute atomic E-state index is 11.8. The van der Waals surface area contributed by atoms with Crippen molar-refractivity contribution in [2.75, 3.05) is 26.7 Å². The van der Waals surface area contributed by atoms with Gasteiger partial charge in [0.1, 0.15) is 0 Å². The lowest BCUT2D eigenvalue weighted by molar-refractivity contribution is 0.0926. The van der Waals surface area contributed by atoms with E-state index in [1.54, 1.807) is 19.2 Å². The molecule has 6 nitrogen and oxygen atoms in total. The molecule has 1 aromatic heterocycles. The molecule has 0 radical (unpaired) electrons. The largest absolute Gasteiger partial charge is 0.459 e. The van der Waals surface area contributed by atoms with Crippen molar-refractivity contribution >= 4 is 35.8 Å². The van der Waals surface area contributed by atoms with Crippen LogP contribution in [0.15, 0.2) is 58.1 Å². The predicted octanol–water partition coefficient (Wildman–Crippen LogP) is 2.77. The Morgan fingerprint density at radius 2 is 1.73 bits per heavy atom. The Hall–Kier alpha value is -2.03. The Morgan fingerprint density at radius 3 is 2.35 bits per heavy atom. The van der Waals surface area contributed by atoms with E-state index in [-0.39, 0.29) is 35.3 Å². The minimum atomic E-state index is -0.222. The molecule has 0 aliphatic rings. The quantitative estimate of drug-likeness (QED) is 0.252. The molecule has 0 unspecified atom stereocenters. The number of hydrogen-bond acceptors (Lipinski definition) is 3. The van der Waals surface area contributed by atoms with Crippen LogP contribution in [-0.2, 0) is 5.41 Å². The van der Waals surface area contributed by atoms with Gasteiger partial charge in [0.15, 0.2) is 11.7 Å². The molecule has 0 bridgehead atoms. The molecular formula is C19H27IN4O2. The zero-order chi connectivity index (χ0) is 18.1. The Bertz CT molecular complexity index is 685. The summed E-state index contributed by atoms with van der Waals surface area (Å²) >= 11 is 0. The second-order valence-corrected chi connectivity index (χ2v) is 6.34. The Kier molecular flexibility index (Phi) is 9.18. The molecule has 1 amide bonds. The van der Waals surface area contributed by atoms with Gasteiger partial charge in [-0.2, -0.15) is 0 Å². The molecule has 1 aromatic carbocycles. The van der Waals surface area contributed by atoms with Crippen LogP contribution in [0.3, 0.4) is 0 Å². The molecule has 0 aliphatic carbocycles. The zero-order valence-corrected chi connectivity index (χ0v) is 17.7. The molecule has 2 aromatic rings. The van der Waals surface area contributed by atoms with E-state index in [2.05, 4.69) is 46.9 Å². The summed E-state index contributed by atoms with van der Waals surface area (Å²) in [6, 6.07) is 13.7. The van der Waals surface area contributed by atoms with E-state index in [4.69, 9.17) is 4.42 Å². The number of nitrogens with one attached hydrogen (secondary N) is 3. The second-order valence-electron chi connectivity index (χ2n) is 6.34. The Morgan fingerprint density at radius 1 is 1.04 bits per heavy atom. The normalized spacial score (nSPS) is 11.4. The van der Waals surface area contributed by atoms with Crippen LogP contribution in [0.2, 0.25) is 0 Å². The third-order valence-corrected chi connectivity index (χ3v) is 3.92. The number of carbonyl (C=O) groups is 1. The molecule has 0 saturated heterocycles. The van der Waals surface area contributed by atoms with Gasteiger partial charge in [0.05, 0.1) is 6.26 Å². The van der Waals surface area contributed by atoms with Crippen molar-refractivity contribution in [1.82, 2.24) is 16.0 Å². The molecule has 3 N–H and O–H groups in total. The van der Waals surface area contributed by atoms with Crippen LogP contribution >= 0.6 is 24.0 Å². The van der Waals surface area contributed by atoms with Gasteiger partial charge in [-0.3, -0.25) is 9.79 Å². The number of amides is 1. The number of benzene rings is 1. The lowest BCUT2D eigenvalue weighted by Crippen LogP contribution is -2.45. The molecule has 0 spiro atoms. The number of furan rings is 1. The SMILES string of the molecule is CN=C(NCCNC(=O)c1ccco1)NCC(C)(C)c1ccccc1.I. The molecule has 0 saturated carbocycles. The van der Waals surface area contributed by atoms with Gasteiger partial charge in [0.2, 0.25) is 0 Å². The van der Waals surface area contributed by atoms with Gasteiger partial charge in [0.25, 0.3) is 5.91 Å². The number of guanidine groups is 1. The highest BCUT2D eigenvalue weighted by Gasteiger charge is 2.20. The monoisotopic (exact) mass is 470 g/mol. The van der Waals surface area contributed by atoms with Gasteiger partial charge < -0.3 is 20.4 Å². The lowest BCUT2D eigenvalue weighted by atomic mass is 9.85. The zero-order valence-electron chi connectivity index (χ0n) is 15.4. The maximum Gasteiger partial charge on any atom is 0.287 e. The highest BCUT2D eigenvalue weighted by atomic mass is 127. The average molecular weight is 470 g/mol. The van der Waals surface area contributed by atoms with Crippen molar-refractivity contribution in [3.63, 3.8) is 0 Å². The predicted molar refractivity (Wildman–Crippen MR) is 115 cm³/mol. The van der Waals surface area contributed by atoms with Crippen LogP contribution in [0.1, 0.15) is 30.0 Å². The summed E-state index contributed by atoms with van der Waals surface area (Å²) < 4.78 is 5.04. The van der Waals surface area contributed by atoms with Crippen molar-refractivity contribution < 1.29 is 9.21 Å². The molecule has 1 heterocycles. The molecular weight excluding hydrogens is 443 g/mol. The van der Waals surface area contributed by atoms with Crippen LogP contribution in [0.5, 0.6) is 0 Å². The Balaban J connectivity index is 0.00000338. The fraction of sp³-hybridized carbons (Fsp3) is 0.368. The molecule has 2 rings (SSSR count). The number of hydrogen-bond donors (Lipinski definition) is 3. The Labute approximate surface area is 171 Å². The van der Waals surface area contributed by atoms with Crippen molar-refractivity contribution in [2.24, 2.45) is 4.99 Å². The highest BCUT2D eigenvalue weighted by Crippen LogP contribution is 2.21. The third-order valence-electron chi connectivity index (χ3n) is 3.92. The van der Waals surface area contributed by atoms with E-state index >= 15 is 0 Å². The van der Waals surface area contributed by atoms with E-state index < -0.39 is 0 Å². The maximum atomic E-state index is 11.8. The molecule has 0 aliphatic heterocycles. The lowest BCUT2D eigenvalue weighted by Gasteiger charge is -2.26. The van der Waals surface area contributed by atoms with Gasteiger partial charge in [-0.05, 0) is 17.7 Å². The van der Waals surface area contributed by atoms with Crippen LogP contribution < -0.4 is 16.0 Å². The minimum Gasteiger partial charge on any atom is -0.459 e. The number of aliphatic imine (C=N–C) groups is 1. The molecule has 0 fully saturated rings.